The number of ether oxygens (including phenoxy) is 3. The predicted octanol–water partition coefficient (Wildman–Crippen LogP) is 5.29. The fourth-order valence-electron chi connectivity index (χ4n) is 6.50. The summed E-state index contributed by atoms with van der Waals surface area (Å²) in [5, 5.41) is 6.63. The maximum atomic E-state index is 12.6. The van der Waals surface area contributed by atoms with Crippen LogP contribution in [0.15, 0.2) is 41.0 Å². The Morgan fingerprint density at radius 2 is 1.69 bits per heavy atom. The van der Waals surface area contributed by atoms with Crippen LogP contribution in [-0.4, -0.2) is 114 Å². The van der Waals surface area contributed by atoms with Crippen molar-refractivity contribution in [2.75, 3.05) is 99.8 Å². The van der Waals surface area contributed by atoms with E-state index in [-0.39, 0.29) is 0 Å². The van der Waals surface area contributed by atoms with E-state index in [4.69, 9.17) is 19.2 Å². The van der Waals surface area contributed by atoms with Gasteiger partial charge in [-0.15, -0.1) is 0 Å². The summed E-state index contributed by atoms with van der Waals surface area (Å²) >= 11 is 3.55. The Kier molecular flexibility index (Phi) is 11.2. The van der Waals surface area contributed by atoms with Gasteiger partial charge in [-0.2, -0.15) is 4.98 Å². The van der Waals surface area contributed by atoms with E-state index in [0.717, 1.165) is 82.8 Å². The standard InChI is InChI=1S/C34H47BrN8O5S/c1-40-14-16-42(17-15-40)24-10-12-43(13-11-24)30-22-31(46-3)28-21-32(30)48-19-7-5-6-18-47-25-8-9-27(29(20-25)41(2)49(4,44)45)37-33-26(35)23-36-34(38-28)39-33/h8-9,20-24H,5-7,10-19H2,1-4H3,(H2,36,37,38,39). The van der Waals surface area contributed by atoms with E-state index >= 15 is 0 Å². The lowest BCUT2D eigenvalue weighted by Gasteiger charge is -2.42. The Morgan fingerprint density at radius 3 is 2.41 bits per heavy atom. The molecule has 266 valence electrons. The zero-order valence-corrected chi connectivity index (χ0v) is 31.1. The number of anilines is 6. The summed E-state index contributed by atoms with van der Waals surface area (Å²) in [5.41, 5.74) is 2.67. The van der Waals surface area contributed by atoms with E-state index in [1.54, 1.807) is 25.4 Å². The van der Waals surface area contributed by atoms with Crippen LogP contribution in [0.3, 0.4) is 0 Å². The number of fused-ring (bicyclic) bond motifs is 8. The van der Waals surface area contributed by atoms with E-state index in [1.807, 2.05) is 12.1 Å². The molecule has 1 aromatic heterocycles. The van der Waals surface area contributed by atoms with Gasteiger partial charge in [-0.25, -0.2) is 13.4 Å². The molecule has 4 aliphatic heterocycles. The molecule has 5 heterocycles. The first-order valence-corrected chi connectivity index (χ1v) is 19.5. The molecule has 49 heavy (non-hydrogen) atoms. The molecule has 0 atom stereocenters. The number of hydrogen-bond acceptors (Lipinski definition) is 12. The molecule has 2 saturated heterocycles. The molecule has 6 bridgehead atoms. The van der Waals surface area contributed by atoms with E-state index in [0.29, 0.717) is 64.1 Å². The lowest BCUT2D eigenvalue weighted by atomic mass is 10.0. The monoisotopic (exact) mass is 758 g/mol. The molecule has 2 fully saturated rings. The van der Waals surface area contributed by atoms with Crippen molar-refractivity contribution in [1.82, 2.24) is 19.8 Å². The molecule has 2 aromatic carbocycles. The Balaban J connectivity index is 1.29. The third-order valence-corrected chi connectivity index (χ3v) is 11.3. The minimum Gasteiger partial charge on any atom is -0.494 e. The number of benzene rings is 2. The number of methoxy groups -OCH3 is 1. The summed E-state index contributed by atoms with van der Waals surface area (Å²) in [6.07, 6.45) is 7.62. The molecule has 0 aliphatic carbocycles. The number of piperidine rings is 1. The van der Waals surface area contributed by atoms with Crippen LogP contribution in [0.25, 0.3) is 0 Å². The lowest BCUT2D eigenvalue weighted by Crippen LogP contribution is -2.52. The second-order valence-electron chi connectivity index (χ2n) is 12.9. The first-order valence-electron chi connectivity index (χ1n) is 16.9. The molecule has 0 spiro atoms. The van der Waals surface area contributed by atoms with Crippen LogP contribution >= 0.6 is 15.9 Å². The second-order valence-corrected chi connectivity index (χ2v) is 15.8. The van der Waals surface area contributed by atoms with Crippen molar-refractivity contribution >= 4 is 60.5 Å². The Bertz CT molecular complexity index is 1710. The third-order valence-electron chi connectivity index (χ3n) is 9.51. The van der Waals surface area contributed by atoms with E-state index in [9.17, 15) is 8.42 Å². The van der Waals surface area contributed by atoms with Crippen LogP contribution in [0, 0.1) is 0 Å². The van der Waals surface area contributed by atoms with Crippen LogP contribution in [0.1, 0.15) is 32.1 Å². The highest BCUT2D eigenvalue weighted by Crippen LogP contribution is 2.42. The summed E-state index contributed by atoms with van der Waals surface area (Å²) in [7, 11) is 1.82. The lowest BCUT2D eigenvalue weighted by molar-refractivity contribution is 0.0981. The van der Waals surface area contributed by atoms with E-state index in [2.05, 4.69) is 59.4 Å². The van der Waals surface area contributed by atoms with Gasteiger partial charge in [0.15, 0.2) is 0 Å². The molecule has 4 aliphatic rings. The summed E-state index contributed by atoms with van der Waals surface area (Å²) < 4.78 is 45.4. The normalized spacial score (nSPS) is 18.6. The largest absolute Gasteiger partial charge is 0.494 e. The van der Waals surface area contributed by atoms with Gasteiger partial charge in [0.2, 0.25) is 16.0 Å². The smallest absolute Gasteiger partial charge is 0.232 e. The number of hydrogen-bond donors (Lipinski definition) is 2. The van der Waals surface area contributed by atoms with Crippen molar-refractivity contribution in [2.24, 2.45) is 0 Å². The van der Waals surface area contributed by atoms with Crippen LogP contribution < -0.4 is 34.0 Å². The SMILES string of the molecule is COc1cc(N2CCC(N3CCN(C)CC3)CC2)c2cc1Nc1ncc(Br)c(n1)Nc1ccc(cc1N(C)S(C)(=O)=O)OCCCCCO2. The molecule has 0 unspecified atom stereocenters. The number of sulfonamides is 1. The Morgan fingerprint density at radius 1 is 0.959 bits per heavy atom. The molecule has 0 radical (unpaired) electrons. The van der Waals surface area contributed by atoms with Gasteiger partial charge >= 0.3 is 0 Å². The van der Waals surface area contributed by atoms with Gasteiger partial charge in [0, 0.05) is 76.8 Å². The third kappa shape index (κ3) is 8.62. The second kappa shape index (κ2) is 15.6. The van der Waals surface area contributed by atoms with Crippen molar-refractivity contribution in [3.8, 4) is 17.2 Å². The van der Waals surface area contributed by atoms with E-state index < -0.39 is 10.0 Å². The summed E-state index contributed by atoms with van der Waals surface area (Å²) in [5.74, 6) is 2.80. The number of likely N-dealkylation sites (N-methyl/N-ethyl adjacent to an activating group) is 1. The molecule has 7 rings (SSSR count). The van der Waals surface area contributed by atoms with Gasteiger partial charge in [-0.05, 0) is 67.2 Å². The number of halogens is 1. The highest BCUT2D eigenvalue weighted by Gasteiger charge is 2.29. The van der Waals surface area contributed by atoms with Gasteiger partial charge in [-0.1, -0.05) is 0 Å². The van der Waals surface area contributed by atoms with Gasteiger partial charge in [0.05, 0.1) is 53.8 Å². The first-order chi connectivity index (χ1) is 23.6. The highest BCUT2D eigenvalue weighted by molar-refractivity contribution is 9.10. The number of nitrogens with zero attached hydrogens (tertiary/aromatic N) is 6. The maximum absolute atomic E-state index is 12.6. The number of nitrogens with one attached hydrogen (secondary N) is 2. The van der Waals surface area contributed by atoms with Gasteiger partial charge < -0.3 is 34.6 Å². The predicted molar refractivity (Wildman–Crippen MR) is 198 cm³/mol. The fourth-order valence-corrected chi connectivity index (χ4v) is 7.30. The quantitative estimate of drug-likeness (QED) is 0.352. The van der Waals surface area contributed by atoms with Crippen molar-refractivity contribution in [3.05, 3.63) is 41.0 Å². The van der Waals surface area contributed by atoms with Crippen LogP contribution in [0.5, 0.6) is 17.2 Å². The number of rotatable bonds is 5. The zero-order valence-electron chi connectivity index (χ0n) is 28.7. The molecular weight excluding hydrogens is 712 g/mol. The molecule has 0 saturated carbocycles. The number of aromatic nitrogens is 2. The van der Waals surface area contributed by atoms with E-state index in [1.165, 1.54) is 17.6 Å². The summed E-state index contributed by atoms with van der Waals surface area (Å²) in [6, 6.07) is 9.97. The molecule has 13 nitrogen and oxygen atoms in total. The highest BCUT2D eigenvalue weighted by atomic mass is 79.9. The maximum Gasteiger partial charge on any atom is 0.232 e. The average Bonchev–Trinajstić information content (AvgIpc) is 3.09. The summed E-state index contributed by atoms with van der Waals surface area (Å²) in [6.45, 7) is 7.47. The minimum absolute atomic E-state index is 0.326. The van der Waals surface area contributed by atoms with Crippen LogP contribution in [0.2, 0.25) is 0 Å². The van der Waals surface area contributed by atoms with Gasteiger partial charge in [-0.3, -0.25) is 9.21 Å². The van der Waals surface area contributed by atoms with Crippen molar-refractivity contribution < 1.29 is 22.6 Å². The summed E-state index contributed by atoms with van der Waals surface area (Å²) in [4.78, 5) is 16.7. The minimum atomic E-state index is -3.56. The molecule has 2 N–H and O–H groups in total. The van der Waals surface area contributed by atoms with Crippen molar-refractivity contribution in [1.29, 1.82) is 0 Å². The van der Waals surface area contributed by atoms with Gasteiger partial charge in [0.25, 0.3) is 0 Å². The van der Waals surface area contributed by atoms with Crippen molar-refractivity contribution in [3.63, 3.8) is 0 Å². The molecular formula is C34H47BrN8O5S. The molecule has 3 aromatic rings. The van der Waals surface area contributed by atoms with Gasteiger partial charge in [0.1, 0.15) is 23.1 Å². The van der Waals surface area contributed by atoms with Crippen LogP contribution in [0.4, 0.5) is 34.5 Å². The fraction of sp³-hybridized carbons (Fsp3) is 0.529. The zero-order chi connectivity index (χ0) is 34.5. The molecule has 15 heteroatoms. The van der Waals surface area contributed by atoms with Crippen molar-refractivity contribution in [2.45, 2.75) is 38.1 Å². The van der Waals surface area contributed by atoms with Crippen LogP contribution in [-0.2, 0) is 10.0 Å². The average molecular weight is 760 g/mol. The topological polar surface area (TPSA) is 125 Å². The Hall–Kier alpha value is -3.53. The first kappa shape index (κ1) is 35.3. The number of piperazine rings is 1. The Labute approximate surface area is 298 Å². The molecule has 0 amide bonds.